The van der Waals surface area contributed by atoms with E-state index >= 15 is 0 Å². The van der Waals surface area contributed by atoms with E-state index in [4.69, 9.17) is 4.74 Å². The van der Waals surface area contributed by atoms with E-state index in [0.29, 0.717) is 17.9 Å². The highest BCUT2D eigenvalue weighted by Crippen LogP contribution is 2.46. The molecule has 0 saturated carbocycles. The van der Waals surface area contributed by atoms with E-state index < -0.39 is 0 Å². The summed E-state index contributed by atoms with van der Waals surface area (Å²) in [5.41, 5.74) is 3.48. The van der Waals surface area contributed by atoms with Crippen LogP contribution in [-0.4, -0.2) is 49.6 Å². The van der Waals surface area contributed by atoms with Crippen LogP contribution in [0.15, 0.2) is 42.5 Å². The number of likely N-dealkylation sites (N-methyl/N-ethyl adjacent to an activating group) is 1. The lowest BCUT2D eigenvalue weighted by atomic mass is 9.84. The molecule has 0 amide bonds. The Morgan fingerprint density at radius 1 is 1.07 bits per heavy atom. The predicted molar refractivity (Wildman–Crippen MR) is 105 cm³/mol. The Morgan fingerprint density at radius 2 is 1.93 bits per heavy atom. The first-order valence-electron chi connectivity index (χ1n) is 10.0. The van der Waals surface area contributed by atoms with E-state index in [0.717, 1.165) is 43.9 Å². The first kappa shape index (κ1) is 17.2. The zero-order chi connectivity index (χ0) is 18.5. The van der Waals surface area contributed by atoms with E-state index in [1.165, 1.54) is 11.1 Å². The lowest BCUT2D eigenvalue weighted by molar-refractivity contribution is 0.206. The van der Waals surface area contributed by atoms with Crippen LogP contribution in [-0.2, 0) is 6.42 Å². The molecule has 1 aliphatic carbocycles. The molecule has 5 rings (SSSR count). The molecule has 1 fully saturated rings. The van der Waals surface area contributed by atoms with Crippen molar-refractivity contribution in [2.24, 2.45) is 5.92 Å². The number of aryl methyl sites for hydroxylation is 1. The SMILES string of the molecule is CN(C)[C@H]1CN([C@@H]2CCc3cccc(F)c32)C[C@@H]1C1COc2ccccc21. The molecule has 3 nitrogen and oxygen atoms in total. The first-order chi connectivity index (χ1) is 13.1. The number of nitrogens with zero attached hydrogens (tertiary/aromatic N) is 2. The van der Waals surface area contributed by atoms with Crippen molar-refractivity contribution in [1.82, 2.24) is 9.80 Å². The second-order valence-corrected chi connectivity index (χ2v) is 8.47. The lowest BCUT2D eigenvalue weighted by Gasteiger charge is -2.28. The highest BCUT2D eigenvalue weighted by Gasteiger charge is 2.45. The second kappa shape index (κ2) is 6.61. The predicted octanol–water partition coefficient (Wildman–Crippen LogP) is 3.85. The molecule has 3 aliphatic rings. The number of hydrogen-bond donors (Lipinski definition) is 0. The molecule has 2 heterocycles. The molecule has 1 unspecified atom stereocenters. The van der Waals surface area contributed by atoms with Crippen molar-refractivity contribution in [2.75, 3.05) is 33.8 Å². The second-order valence-electron chi connectivity index (χ2n) is 8.47. The molecule has 0 radical (unpaired) electrons. The highest BCUT2D eigenvalue weighted by molar-refractivity contribution is 5.41. The molecule has 27 heavy (non-hydrogen) atoms. The van der Waals surface area contributed by atoms with Gasteiger partial charge in [-0.05, 0) is 50.6 Å². The summed E-state index contributed by atoms with van der Waals surface area (Å²) in [5, 5.41) is 0. The molecule has 0 aromatic heterocycles. The van der Waals surface area contributed by atoms with Gasteiger partial charge in [0.05, 0.1) is 6.61 Å². The maximum Gasteiger partial charge on any atom is 0.128 e. The Labute approximate surface area is 160 Å². The molecule has 2 aromatic rings. The Hall–Kier alpha value is -1.91. The van der Waals surface area contributed by atoms with Crippen molar-refractivity contribution >= 4 is 0 Å². The monoisotopic (exact) mass is 366 g/mol. The summed E-state index contributed by atoms with van der Waals surface area (Å²) < 4.78 is 20.6. The third-order valence-electron chi connectivity index (χ3n) is 6.88. The van der Waals surface area contributed by atoms with Gasteiger partial charge in [-0.3, -0.25) is 4.90 Å². The van der Waals surface area contributed by atoms with Crippen molar-refractivity contribution in [3.8, 4) is 5.75 Å². The molecule has 142 valence electrons. The summed E-state index contributed by atoms with van der Waals surface area (Å²) in [4.78, 5) is 4.88. The fourth-order valence-corrected chi connectivity index (χ4v) is 5.56. The molecule has 4 atom stereocenters. The molecule has 2 aliphatic heterocycles. The van der Waals surface area contributed by atoms with Crippen molar-refractivity contribution in [1.29, 1.82) is 0 Å². The molecular formula is C23H27FN2O. The summed E-state index contributed by atoms with van der Waals surface area (Å²) >= 11 is 0. The number of hydrogen-bond acceptors (Lipinski definition) is 3. The normalized spacial score (nSPS) is 29.8. The summed E-state index contributed by atoms with van der Waals surface area (Å²) in [7, 11) is 4.35. The van der Waals surface area contributed by atoms with Gasteiger partial charge in [-0.1, -0.05) is 30.3 Å². The van der Waals surface area contributed by atoms with Gasteiger partial charge < -0.3 is 9.64 Å². The first-order valence-corrected chi connectivity index (χ1v) is 10.0. The van der Waals surface area contributed by atoms with Crippen LogP contribution < -0.4 is 4.74 Å². The number of benzene rings is 2. The number of fused-ring (bicyclic) bond motifs is 2. The van der Waals surface area contributed by atoms with Gasteiger partial charge in [-0.25, -0.2) is 4.39 Å². The molecule has 0 bridgehead atoms. The molecule has 1 saturated heterocycles. The van der Waals surface area contributed by atoms with Crippen LogP contribution in [0.1, 0.15) is 35.1 Å². The van der Waals surface area contributed by atoms with Crippen molar-refractivity contribution in [2.45, 2.75) is 30.8 Å². The maximum atomic E-state index is 14.6. The van der Waals surface area contributed by atoms with E-state index in [9.17, 15) is 4.39 Å². The number of halogens is 1. The zero-order valence-corrected chi connectivity index (χ0v) is 16.1. The summed E-state index contributed by atoms with van der Waals surface area (Å²) in [6, 6.07) is 14.7. The number of para-hydroxylation sites is 1. The van der Waals surface area contributed by atoms with Crippen molar-refractivity contribution < 1.29 is 9.13 Å². The smallest absolute Gasteiger partial charge is 0.128 e. The Kier molecular flexibility index (Phi) is 4.21. The minimum Gasteiger partial charge on any atom is -0.493 e. The van der Waals surface area contributed by atoms with E-state index in [-0.39, 0.29) is 11.9 Å². The van der Waals surface area contributed by atoms with Gasteiger partial charge in [0.15, 0.2) is 0 Å². The average Bonchev–Trinajstić information content (AvgIpc) is 3.37. The van der Waals surface area contributed by atoms with E-state index in [1.807, 2.05) is 12.1 Å². The zero-order valence-electron chi connectivity index (χ0n) is 16.1. The third-order valence-corrected chi connectivity index (χ3v) is 6.88. The van der Waals surface area contributed by atoms with Gasteiger partial charge in [0.25, 0.3) is 0 Å². The lowest BCUT2D eigenvalue weighted by Crippen LogP contribution is -2.38. The fraction of sp³-hybridized carbons (Fsp3) is 0.478. The highest BCUT2D eigenvalue weighted by atomic mass is 19.1. The number of ether oxygens (including phenoxy) is 1. The van der Waals surface area contributed by atoms with E-state index in [2.05, 4.69) is 48.2 Å². The Bertz CT molecular complexity index is 852. The van der Waals surface area contributed by atoms with Gasteiger partial charge in [-0.2, -0.15) is 0 Å². The molecule has 0 N–H and O–H groups in total. The summed E-state index contributed by atoms with van der Waals surface area (Å²) in [6.45, 7) is 2.76. The Morgan fingerprint density at radius 3 is 2.78 bits per heavy atom. The van der Waals surface area contributed by atoms with Gasteiger partial charge >= 0.3 is 0 Å². The largest absolute Gasteiger partial charge is 0.493 e. The standard InChI is InChI=1S/C23H27FN2O/c1-25(2)21-13-26(20-11-10-15-6-5-8-19(24)23(15)20)12-17(21)18-14-27-22-9-4-3-7-16(18)22/h3-9,17-18,20-21H,10-14H2,1-2H3/t17-,18?,20-,21+/m1/s1. The van der Waals surface area contributed by atoms with Crippen LogP contribution in [0.3, 0.4) is 0 Å². The quantitative estimate of drug-likeness (QED) is 0.821. The minimum atomic E-state index is -0.0330. The van der Waals surface area contributed by atoms with Crippen LogP contribution in [0.4, 0.5) is 4.39 Å². The van der Waals surface area contributed by atoms with Crippen molar-refractivity contribution in [3.63, 3.8) is 0 Å². The van der Waals surface area contributed by atoms with Crippen LogP contribution in [0, 0.1) is 11.7 Å². The summed E-state index contributed by atoms with van der Waals surface area (Å²) in [6.07, 6.45) is 2.02. The fourth-order valence-electron chi connectivity index (χ4n) is 5.56. The van der Waals surface area contributed by atoms with E-state index in [1.54, 1.807) is 6.07 Å². The summed E-state index contributed by atoms with van der Waals surface area (Å²) in [5.74, 6) is 1.92. The topological polar surface area (TPSA) is 15.7 Å². The maximum absolute atomic E-state index is 14.6. The minimum absolute atomic E-state index is 0.0330. The van der Waals surface area contributed by atoms with Crippen molar-refractivity contribution in [3.05, 3.63) is 65.0 Å². The van der Waals surface area contributed by atoms with Crippen LogP contribution in [0.25, 0.3) is 0 Å². The van der Waals surface area contributed by atoms with Crippen LogP contribution in [0.2, 0.25) is 0 Å². The Balaban J connectivity index is 1.44. The molecule has 4 heteroatoms. The van der Waals surface area contributed by atoms with Crippen LogP contribution in [0.5, 0.6) is 5.75 Å². The van der Waals surface area contributed by atoms with Gasteiger partial charge in [0.1, 0.15) is 11.6 Å². The van der Waals surface area contributed by atoms with Gasteiger partial charge in [-0.15, -0.1) is 0 Å². The molecule has 0 spiro atoms. The molecular weight excluding hydrogens is 339 g/mol. The van der Waals surface area contributed by atoms with Gasteiger partial charge in [0, 0.05) is 42.2 Å². The molecule has 2 aromatic carbocycles. The van der Waals surface area contributed by atoms with Crippen LogP contribution >= 0.6 is 0 Å². The average molecular weight is 366 g/mol. The third kappa shape index (κ3) is 2.77. The number of rotatable bonds is 3. The van der Waals surface area contributed by atoms with Gasteiger partial charge in [0.2, 0.25) is 0 Å². The number of likely N-dealkylation sites (tertiary alicyclic amines) is 1.